The second-order valence-corrected chi connectivity index (χ2v) is 4.30. The second kappa shape index (κ2) is 5.60. The van der Waals surface area contributed by atoms with Crippen LogP contribution >= 0.6 is 0 Å². The zero-order chi connectivity index (χ0) is 13.0. The lowest BCUT2D eigenvalue weighted by molar-refractivity contribution is 1.01. The SMILES string of the molecule is Cc1ccc(C)c(-c2nccc(NCCN)n2)c1. The van der Waals surface area contributed by atoms with Crippen LogP contribution in [0.4, 0.5) is 5.82 Å². The third-order valence-corrected chi connectivity index (χ3v) is 2.74. The van der Waals surface area contributed by atoms with Crippen molar-refractivity contribution in [1.82, 2.24) is 9.97 Å². The van der Waals surface area contributed by atoms with Crippen molar-refractivity contribution in [3.63, 3.8) is 0 Å². The van der Waals surface area contributed by atoms with Gasteiger partial charge in [-0.05, 0) is 31.5 Å². The summed E-state index contributed by atoms with van der Waals surface area (Å²) in [5.41, 5.74) is 8.92. The van der Waals surface area contributed by atoms with E-state index in [2.05, 4.69) is 47.3 Å². The molecule has 0 saturated carbocycles. The molecule has 1 heterocycles. The summed E-state index contributed by atoms with van der Waals surface area (Å²) >= 11 is 0. The fourth-order valence-electron chi connectivity index (χ4n) is 1.76. The summed E-state index contributed by atoms with van der Waals surface area (Å²) in [6, 6.07) is 8.14. The predicted molar refractivity (Wildman–Crippen MR) is 74.5 cm³/mol. The number of hydrogen-bond acceptors (Lipinski definition) is 4. The van der Waals surface area contributed by atoms with Crippen LogP contribution < -0.4 is 11.1 Å². The lowest BCUT2D eigenvalue weighted by atomic mass is 10.1. The van der Waals surface area contributed by atoms with Crippen LogP contribution in [-0.2, 0) is 0 Å². The highest BCUT2D eigenvalue weighted by molar-refractivity contribution is 5.62. The Kier molecular flexibility index (Phi) is 3.89. The molecule has 0 saturated heterocycles. The summed E-state index contributed by atoms with van der Waals surface area (Å²) in [5, 5.41) is 3.16. The quantitative estimate of drug-likeness (QED) is 0.862. The molecule has 3 N–H and O–H groups in total. The third-order valence-electron chi connectivity index (χ3n) is 2.74. The number of aromatic nitrogens is 2. The molecule has 0 aliphatic rings. The summed E-state index contributed by atoms with van der Waals surface area (Å²) in [6.45, 7) is 5.43. The lowest BCUT2D eigenvalue weighted by Gasteiger charge is -2.08. The maximum absolute atomic E-state index is 5.46. The van der Waals surface area contributed by atoms with E-state index in [1.54, 1.807) is 6.20 Å². The van der Waals surface area contributed by atoms with Gasteiger partial charge in [0.05, 0.1) is 0 Å². The number of rotatable bonds is 4. The van der Waals surface area contributed by atoms with Gasteiger partial charge < -0.3 is 11.1 Å². The van der Waals surface area contributed by atoms with Gasteiger partial charge in [-0.1, -0.05) is 17.7 Å². The first kappa shape index (κ1) is 12.5. The third kappa shape index (κ3) is 2.84. The second-order valence-electron chi connectivity index (χ2n) is 4.30. The molecule has 1 aromatic heterocycles. The average Bonchev–Trinajstić information content (AvgIpc) is 2.39. The average molecular weight is 242 g/mol. The van der Waals surface area contributed by atoms with Crippen LogP contribution in [0.3, 0.4) is 0 Å². The van der Waals surface area contributed by atoms with Gasteiger partial charge in [0.25, 0.3) is 0 Å². The largest absolute Gasteiger partial charge is 0.369 e. The highest BCUT2D eigenvalue weighted by Gasteiger charge is 2.06. The van der Waals surface area contributed by atoms with Gasteiger partial charge in [-0.3, -0.25) is 0 Å². The number of benzene rings is 1. The van der Waals surface area contributed by atoms with Crippen molar-refractivity contribution >= 4 is 5.82 Å². The van der Waals surface area contributed by atoms with Crippen molar-refractivity contribution in [1.29, 1.82) is 0 Å². The van der Waals surface area contributed by atoms with Gasteiger partial charge in [-0.2, -0.15) is 0 Å². The van der Waals surface area contributed by atoms with E-state index >= 15 is 0 Å². The van der Waals surface area contributed by atoms with Crippen LogP contribution in [0.1, 0.15) is 11.1 Å². The zero-order valence-electron chi connectivity index (χ0n) is 10.8. The molecule has 4 nitrogen and oxygen atoms in total. The van der Waals surface area contributed by atoms with Crippen molar-refractivity contribution in [3.8, 4) is 11.4 Å². The van der Waals surface area contributed by atoms with E-state index in [1.165, 1.54) is 11.1 Å². The molecule has 0 fully saturated rings. The summed E-state index contributed by atoms with van der Waals surface area (Å²) in [7, 11) is 0. The van der Waals surface area contributed by atoms with Crippen molar-refractivity contribution in [2.75, 3.05) is 18.4 Å². The zero-order valence-corrected chi connectivity index (χ0v) is 10.8. The van der Waals surface area contributed by atoms with E-state index in [9.17, 15) is 0 Å². The molecule has 0 amide bonds. The van der Waals surface area contributed by atoms with Crippen molar-refractivity contribution < 1.29 is 0 Å². The number of aryl methyl sites for hydroxylation is 2. The number of nitrogens with two attached hydrogens (primary N) is 1. The van der Waals surface area contributed by atoms with Crippen LogP contribution in [-0.4, -0.2) is 23.1 Å². The molecule has 2 aromatic rings. The van der Waals surface area contributed by atoms with E-state index in [0.717, 1.165) is 17.2 Å². The first-order chi connectivity index (χ1) is 8.70. The van der Waals surface area contributed by atoms with Gasteiger partial charge in [0.15, 0.2) is 5.82 Å². The molecule has 18 heavy (non-hydrogen) atoms. The summed E-state index contributed by atoms with van der Waals surface area (Å²) in [4.78, 5) is 8.84. The predicted octanol–water partition coefficient (Wildman–Crippen LogP) is 2.13. The number of nitrogens with zero attached hydrogens (tertiary/aromatic N) is 2. The van der Waals surface area contributed by atoms with Crippen LogP contribution in [0.5, 0.6) is 0 Å². The van der Waals surface area contributed by atoms with Crippen molar-refractivity contribution in [2.24, 2.45) is 5.73 Å². The molecule has 0 radical (unpaired) electrons. The summed E-state index contributed by atoms with van der Waals surface area (Å²) in [6.07, 6.45) is 1.77. The maximum Gasteiger partial charge on any atom is 0.161 e. The molecule has 0 bridgehead atoms. The van der Waals surface area contributed by atoms with E-state index in [0.29, 0.717) is 13.1 Å². The van der Waals surface area contributed by atoms with E-state index in [-0.39, 0.29) is 0 Å². The van der Waals surface area contributed by atoms with E-state index in [1.807, 2.05) is 6.07 Å². The minimum Gasteiger partial charge on any atom is -0.369 e. The summed E-state index contributed by atoms with van der Waals surface area (Å²) in [5.74, 6) is 1.56. The number of anilines is 1. The fraction of sp³-hybridized carbons (Fsp3) is 0.286. The Balaban J connectivity index is 2.35. The highest BCUT2D eigenvalue weighted by Crippen LogP contribution is 2.21. The molecule has 0 atom stereocenters. The first-order valence-corrected chi connectivity index (χ1v) is 6.05. The van der Waals surface area contributed by atoms with Crippen molar-refractivity contribution in [2.45, 2.75) is 13.8 Å². The van der Waals surface area contributed by atoms with E-state index < -0.39 is 0 Å². The van der Waals surface area contributed by atoms with Gasteiger partial charge in [0, 0.05) is 24.8 Å². The lowest BCUT2D eigenvalue weighted by Crippen LogP contribution is -2.14. The molecular weight excluding hydrogens is 224 g/mol. The Bertz CT molecular complexity index is 537. The van der Waals surface area contributed by atoms with Gasteiger partial charge in [0.2, 0.25) is 0 Å². The van der Waals surface area contributed by atoms with Crippen LogP contribution in [0.15, 0.2) is 30.5 Å². The van der Waals surface area contributed by atoms with Crippen LogP contribution in [0.2, 0.25) is 0 Å². The standard InChI is InChI=1S/C14H18N4/c1-10-3-4-11(2)12(9-10)14-17-7-5-13(18-14)16-8-6-15/h3-5,7,9H,6,8,15H2,1-2H3,(H,16,17,18). The Labute approximate surface area is 107 Å². The van der Waals surface area contributed by atoms with Crippen LogP contribution in [0, 0.1) is 13.8 Å². The Morgan fingerprint density at radius 3 is 2.83 bits per heavy atom. The minimum atomic E-state index is 0.586. The van der Waals surface area contributed by atoms with E-state index in [4.69, 9.17) is 5.73 Å². The molecule has 1 aromatic carbocycles. The topological polar surface area (TPSA) is 63.8 Å². The molecule has 4 heteroatoms. The smallest absolute Gasteiger partial charge is 0.161 e. The van der Waals surface area contributed by atoms with Gasteiger partial charge in [-0.15, -0.1) is 0 Å². The molecular formula is C14H18N4. The molecule has 94 valence electrons. The van der Waals surface area contributed by atoms with Crippen LogP contribution in [0.25, 0.3) is 11.4 Å². The first-order valence-electron chi connectivity index (χ1n) is 6.05. The fourth-order valence-corrected chi connectivity index (χ4v) is 1.76. The molecule has 0 aliphatic carbocycles. The molecule has 2 rings (SSSR count). The number of nitrogens with one attached hydrogen (secondary N) is 1. The minimum absolute atomic E-state index is 0.586. The molecule has 0 spiro atoms. The number of hydrogen-bond donors (Lipinski definition) is 2. The highest BCUT2D eigenvalue weighted by atomic mass is 15.0. The molecule has 0 aliphatic heterocycles. The van der Waals surface area contributed by atoms with Gasteiger partial charge in [0.1, 0.15) is 5.82 Å². The Morgan fingerprint density at radius 1 is 1.22 bits per heavy atom. The summed E-state index contributed by atoms with van der Waals surface area (Å²) < 4.78 is 0. The monoisotopic (exact) mass is 242 g/mol. The van der Waals surface area contributed by atoms with Crippen molar-refractivity contribution in [3.05, 3.63) is 41.6 Å². The van der Waals surface area contributed by atoms with Gasteiger partial charge >= 0.3 is 0 Å². The molecule has 0 unspecified atom stereocenters. The maximum atomic E-state index is 5.46. The Morgan fingerprint density at radius 2 is 2.06 bits per heavy atom. The normalized spacial score (nSPS) is 10.4. The Hall–Kier alpha value is -1.94. The van der Waals surface area contributed by atoms with Gasteiger partial charge in [-0.25, -0.2) is 9.97 Å².